The number of rotatable bonds is 3. The van der Waals surface area contributed by atoms with Gasteiger partial charge < -0.3 is 10.6 Å². The molecular formula is C16H30N2O. The van der Waals surface area contributed by atoms with Crippen LogP contribution >= 0.6 is 0 Å². The molecule has 3 nitrogen and oxygen atoms in total. The third-order valence-corrected chi connectivity index (χ3v) is 5.17. The van der Waals surface area contributed by atoms with Crippen LogP contribution in [0.3, 0.4) is 0 Å². The normalized spacial score (nSPS) is 35.9. The van der Waals surface area contributed by atoms with E-state index in [1.807, 2.05) is 0 Å². The molecule has 3 heteroatoms. The van der Waals surface area contributed by atoms with E-state index in [9.17, 15) is 4.79 Å². The quantitative estimate of drug-likeness (QED) is 0.853. The van der Waals surface area contributed by atoms with Gasteiger partial charge in [0, 0.05) is 24.5 Å². The molecule has 0 aromatic heterocycles. The summed E-state index contributed by atoms with van der Waals surface area (Å²) in [6, 6.07) is 0.817. The van der Waals surface area contributed by atoms with Crippen molar-refractivity contribution < 1.29 is 4.79 Å². The summed E-state index contributed by atoms with van der Waals surface area (Å²) in [5, 5.41) is 0. The number of carbonyl (C=O) groups excluding carboxylic acids is 1. The van der Waals surface area contributed by atoms with Gasteiger partial charge in [0.2, 0.25) is 5.91 Å². The largest absolute Gasteiger partial charge is 0.340 e. The number of hydrogen-bond acceptors (Lipinski definition) is 2. The Balaban J connectivity index is 1.91. The van der Waals surface area contributed by atoms with Gasteiger partial charge in [0.15, 0.2) is 0 Å². The molecule has 2 fully saturated rings. The van der Waals surface area contributed by atoms with Gasteiger partial charge >= 0.3 is 0 Å². The summed E-state index contributed by atoms with van der Waals surface area (Å²) in [4.78, 5) is 14.9. The highest BCUT2D eigenvalue weighted by Crippen LogP contribution is 2.31. The highest BCUT2D eigenvalue weighted by atomic mass is 16.2. The predicted molar refractivity (Wildman–Crippen MR) is 78.7 cm³/mol. The molecule has 1 amide bonds. The molecule has 19 heavy (non-hydrogen) atoms. The van der Waals surface area contributed by atoms with Crippen LogP contribution < -0.4 is 5.73 Å². The molecule has 0 bridgehead atoms. The highest BCUT2D eigenvalue weighted by Gasteiger charge is 2.32. The van der Waals surface area contributed by atoms with Crippen LogP contribution in [0.25, 0.3) is 0 Å². The molecule has 2 saturated carbocycles. The lowest BCUT2D eigenvalue weighted by Gasteiger charge is -2.38. The zero-order valence-corrected chi connectivity index (χ0v) is 12.6. The van der Waals surface area contributed by atoms with Crippen LogP contribution in [0.15, 0.2) is 0 Å². The van der Waals surface area contributed by atoms with Gasteiger partial charge in [-0.2, -0.15) is 0 Å². The predicted octanol–water partition coefficient (Wildman–Crippen LogP) is 2.93. The van der Waals surface area contributed by atoms with Crippen LogP contribution in [0.4, 0.5) is 0 Å². The smallest absolute Gasteiger partial charge is 0.225 e. The fraction of sp³-hybridized carbons (Fsp3) is 0.938. The van der Waals surface area contributed by atoms with Crippen LogP contribution in [-0.2, 0) is 4.79 Å². The van der Waals surface area contributed by atoms with Gasteiger partial charge in [-0.3, -0.25) is 4.79 Å². The second kappa shape index (κ2) is 6.74. The Hall–Kier alpha value is -0.570. The number of carbonyl (C=O) groups is 1. The first kappa shape index (κ1) is 14.8. The van der Waals surface area contributed by atoms with Crippen LogP contribution in [0.2, 0.25) is 0 Å². The Morgan fingerprint density at radius 1 is 1.05 bits per heavy atom. The summed E-state index contributed by atoms with van der Waals surface area (Å²) in [5.41, 5.74) is 5.97. The lowest BCUT2D eigenvalue weighted by atomic mass is 9.81. The van der Waals surface area contributed by atoms with Crippen molar-refractivity contribution in [1.82, 2.24) is 4.90 Å². The first-order chi connectivity index (χ1) is 9.11. The van der Waals surface area contributed by atoms with E-state index in [0.717, 1.165) is 51.0 Å². The number of amides is 1. The highest BCUT2D eigenvalue weighted by molar-refractivity contribution is 5.79. The average Bonchev–Trinajstić information content (AvgIpc) is 2.42. The Labute approximate surface area is 117 Å². The Bertz CT molecular complexity index is 289. The lowest BCUT2D eigenvalue weighted by Crippen LogP contribution is -2.47. The van der Waals surface area contributed by atoms with E-state index in [1.54, 1.807) is 0 Å². The molecule has 0 unspecified atom stereocenters. The summed E-state index contributed by atoms with van der Waals surface area (Å²) >= 11 is 0. The van der Waals surface area contributed by atoms with E-state index < -0.39 is 0 Å². The summed E-state index contributed by atoms with van der Waals surface area (Å²) in [7, 11) is 0. The maximum Gasteiger partial charge on any atom is 0.225 e. The van der Waals surface area contributed by atoms with Gasteiger partial charge in [-0.05, 0) is 64.2 Å². The van der Waals surface area contributed by atoms with Crippen LogP contribution in [-0.4, -0.2) is 29.4 Å². The first-order valence-corrected chi connectivity index (χ1v) is 8.17. The number of nitrogens with zero attached hydrogens (tertiary/aromatic N) is 1. The molecule has 0 heterocycles. The van der Waals surface area contributed by atoms with E-state index in [4.69, 9.17) is 5.73 Å². The third kappa shape index (κ3) is 3.71. The van der Waals surface area contributed by atoms with Gasteiger partial charge in [0.1, 0.15) is 0 Å². The molecule has 0 radical (unpaired) electrons. The summed E-state index contributed by atoms with van der Waals surface area (Å²) in [6.45, 7) is 5.30. The Kier molecular flexibility index (Phi) is 5.26. The Morgan fingerprint density at radius 3 is 2.16 bits per heavy atom. The number of hydrogen-bond donors (Lipinski definition) is 1. The second-order valence-electron chi connectivity index (χ2n) is 6.65. The minimum atomic E-state index is 0.298. The molecule has 2 N–H and O–H groups in total. The zero-order chi connectivity index (χ0) is 13.8. The average molecular weight is 266 g/mol. The first-order valence-electron chi connectivity index (χ1n) is 8.17. The molecule has 0 spiro atoms. The summed E-state index contributed by atoms with van der Waals surface area (Å²) in [5.74, 6) is 1.54. The van der Waals surface area contributed by atoms with Gasteiger partial charge in [-0.15, -0.1) is 0 Å². The molecule has 2 aliphatic carbocycles. The summed E-state index contributed by atoms with van der Waals surface area (Å²) in [6.07, 6.45) is 9.01. The van der Waals surface area contributed by atoms with E-state index in [0.29, 0.717) is 23.9 Å². The fourth-order valence-corrected chi connectivity index (χ4v) is 3.75. The van der Waals surface area contributed by atoms with Gasteiger partial charge in [0.05, 0.1) is 0 Å². The van der Waals surface area contributed by atoms with Crippen molar-refractivity contribution in [3.8, 4) is 0 Å². The van der Waals surface area contributed by atoms with E-state index in [-0.39, 0.29) is 0 Å². The molecule has 0 aromatic rings. The van der Waals surface area contributed by atoms with E-state index in [1.165, 1.54) is 12.8 Å². The molecule has 2 aliphatic rings. The molecule has 110 valence electrons. The van der Waals surface area contributed by atoms with Gasteiger partial charge in [-0.1, -0.05) is 6.92 Å². The number of nitrogens with two attached hydrogens (primary N) is 1. The van der Waals surface area contributed by atoms with E-state index in [2.05, 4.69) is 18.7 Å². The molecule has 0 aliphatic heterocycles. The van der Waals surface area contributed by atoms with Gasteiger partial charge in [-0.25, -0.2) is 0 Å². The monoisotopic (exact) mass is 266 g/mol. The van der Waals surface area contributed by atoms with Crippen LogP contribution in [0.1, 0.15) is 65.2 Å². The van der Waals surface area contributed by atoms with Crippen molar-refractivity contribution >= 4 is 5.91 Å². The van der Waals surface area contributed by atoms with Crippen LogP contribution in [0.5, 0.6) is 0 Å². The van der Waals surface area contributed by atoms with Crippen molar-refractivity contribution in [2.75, 3.05) is 6.54 Å². The van der Waals surface area contributed by atoms with Gasteiger partial charge in [0.25, 0.3) is 0 Å². The molecule has 2 rings (SSSR count). The Morgan fingerprint density at radius 2 is 1.63 bits per heavy atom. The minimum absolute atomic E-state index is 0.298. The van der Waals surface area contributed by atoms with Crippen molar-refractivity contribution in [2.24, 2.45) is 17.6 Å². The zero-order valence-electron chi connectivity index (χ0n) is 12.6. The maximum absolute atomic E-state index is 12.7. The lowest BCUT2D eigenvalue weighted by molar-refractivity contribution is -0.139. The van der Waals surface area contributed by atoms with Crippen molar-refractivity contribution in [3.05, 3.63) is 0 Å². The molecular weight excluding hydrogens is 236 g/mol. The SMILES string of the molecule is CCN(C(=O)C1CCC(C)CC1)C1CCC(N)CC1. The minimum Gasteiger partial charge on any atom is -0.340 e. The maximum atomic E-state index is 12.7. The molecule has 0 saturated heterocycles. The fourth-order valence-electron chi connectivity index (χ4n) is 3.75. The summed E-state index contributed by atoms with van der Waals surface area (Å²) < 4.78 is 0. The van der Waals surface area contributed by atoms with E-state index >= 15 is 0 Å². The third-order valence-electron chi connectivity index (χ3n) is 5.17. The van der Waals surface area contributed by atoms with Crippen molar-refractivity contribution in [3.63, 3.8) is 0 Å². The second-order valence-corrected chi connectivity index (χ2v) is 6.65. The van der Waals surface area contributed by atoms with Crippen LogP contribution in [0, 0.1) is 11.8 Å². The molecule has 0 aromatic carbocycles. The van der Waals surface area contributed by atoms with Crippen molar-refractivity contribution in [1.29, 1.82) is 0 Å². The topological polar surface area (TPSA) is 46.3 Å². The molecule has 0 atom stereocenters. The standard InChI is InChI=1S/C16H30N2O/c1-3-18(15-10-8-14(17)9-11-15)16(19)13-6-4-12(2)5-7-13/h12-15H,3-11,17H2,1-2H3. The van der Waals surface area contributed by atoms with Crippen molar-refractivity contribution in [2.45, 2.75) is 77.3 Å².